The molecule has 1 amide bonds. The van der Waals surface area contributed by atoms with Gasteiger partial charge in [-0.2, -0.15) is 0 Å². The Balaban J connectivity index is 2.09. The van der Waals surface area contributed by atoms with Gasteiger partial charge in [-0.15, -0.1) is 0 Å². The Labute approximate surface area is 104 Å². The average molecular weight is 267 g/mol. The molecule has 0 aromatic carbocycles. The van der Waals surface area contributed by atoms with Crippen molar-refractivity contribution in [3.8, 4) is 0 Å². The third-order valence-electron chi connectivity index (χ3n) is 2.76. The van der Waals surface area contributed by atoms with Crippen LogP contribution in [0.2, 0.25) is 0 Å². The first kappa shape index (κ1) is 15.3. The van der Waals surface area contributed by atoms with Gasteiger partial charge >= 0.3 is 0 Å². The zero-order valence-corrected chi connectivity index (χ0v) is 10.2. The van der Waals surface area contributed by atoms with Crippen molar-refractivity contribution in [1.82, 2.24) is 5.32 Å². The lowest BCUT2D eigenvalue weighted by Crippen LogP contribution is -2.46. The summed E-state index contributed by atoms with van der Waals surface area (Å²) in [6.45, 7) is 0.407. The first-order valence-corrected chi connectivity index (χ1v) is 5.94. The van der Waals surface area contributed by atoms with E-state index < -0.39 is 18.6 Å². The molecule has 0 unspecified atom stereocenters. The molecule has 2 N–H and O–H groups in total. The number of amides is 1. The second kappa shape index (κ2) is 7.60. The molecular weight excluding hydrogens is 248 g/mol. The van der Waals surface area contributed by atoms with Gasteiger partial charge in [0.1, 0.15) is 6.61 Å². The molecule has 0 aromatic rings. The quantitative estimate of drug-likeness (QED) is 0.652. The lowest BCUT2D eigenvalue weighted by Gasteiger charge is -2.32. The van der Waals surface area contributed by atoms with E-state index in [0.29, 0.717) is 26.1 Å². The van der Waals surface area contributed by atoms with Crippen molar-refractivity contribution in [2.45, 2.75) is 31.3 Å². The van der Waals surface area contributed by atoms with Crippen LogP contribution in [-0.4, -0.2) is 56.0 Å². The number of hydrogen-bond donors (Lipinski definition) is 2. The fraction of sp³-hybridized carbons (Fsp3) is 0.909. The molecule has 7 heteroatoms. The molecule has 1 aliphatic heterocycles. The molecule has 1 fully saturated rings. The number of ether oxygens (including phenoxy) is 2. The minimum absolute atomic E-state index is 0.0132. The van der Waals surface area contributed by atoms with Gasteiger partial charge in [-0.25, -0.2) is 8.78 Å². The predicted molar refractivity (Wildman–Crippen MR) is 59.5 cm³/mol. The first-order valence-electron chi connectivity index (χ1n) is 5.94. The van der Waals surface area contributed by atoms with E-state index in [1.165, 1.54) is 0 Å². The monoisotopic (exact) mass is 267 g/mol. The molecule has 0 spiro atoms. The van der Waals surface area contributed by atoms with Crippen molar-refractivity contribution in [2.75, 3.05) is 33.0 Å². The van der Waals surface area contributed by atoms with Crippen molar-refractivity contribution in [3.05, 3.63) is 0 Å². The molecule has 1 aliphatic rings. The Hall–Kier alpha value is -0.790. The zero-order valence-electron chi connectivity index (χ0n) is 10.2. The number of alkyl halides is 2. The van der Waals surface area contributed by atoms with E-state index in [2.05, 4.69) is 10.1 Å². The van der Waals surface area contributed by atoms with Crippen LogP contribution in [-0.2, 0) is 14.3 Å². The van der Waals surface area contributed by atoms with E-state index in [9.17, 15) is 18.7 Å². The largest absolute Gasteiger partial charge is 0.388 e. The van der Waals surface area contributed by atoms with Crippen LogP contribution in [0.25, 0.3) is 0 Å². The van der Waals surface area contributed by atoms with E-state index in [-0.39, 0.29) is 25.5 Å². The SMILES string of the molecule is O=C(CCOCC(F)F)NCC1(O)CCOCC1. The summed E-state index contributed by atoms with van der Waals surface area (Å²) in [6.07, 6.45) is -1.54. The highest BCUT2D eigenvalue weighted by Crippen LogP contribution is 2.19. The first-order chi connectivity index (χ1) is 8.52. The van der Waals surface area contributed by atoms with Gasteiger partial charge in [-0.1, -0.05) is 0 Å². The number of nitrogens with one attached hydrogen (secondary N) is 1. The summed E-state index contributed by atoms with van der Waals surface area (Å²) >= 11 is 0. The zero-order chi connectivity index (χ0) is 13.4. The highest BCUT2D eigenvalue weighted by atomic mass is 19.3. The molecule has 0 aromatic heterocycles. The normalized spacial score (nSPS) is 18.9. The third kappa shape index (κ3) is 6.23. The summed E-state index contributed by atoms with van der Waals surface area (Å²) in [5.41, 5.74) is -0.919. The minimum Gasteiger partial charge on any atom is -0.388 e. The van der Waals surface area contributed by atoms with Gasteiger partial charge in [0.25, 0.3) is 6.43 Å². The maximum atomic E-state index is 11.7. The Morgan fingerprint density at radius 3 is 2.72 bits per heavy atom. The van der Waals surface area contributed by atoms with Crippen molar-refractivity contribution < 1.29 is 28.2 Å². The Morgan fingerprint density at radius 2 is 2.11 bits per heavy atom. The Bertz CT molecular complexity index is 257. The maximum Gasteiger partial charge on any atom is 0.261 e. The summed E-state index contributed by atoms with van der Waals surface area (Å²) < 4.78 is 33.2. The summed E-state index contributed by atoms with van der Waals surface area (Å²) in [5, 5.41) is 12.6. The molecule has 0 radical (unpaired) electrons. The Morgan fingerprint density at radius 1 is 1.44 bits per heavy atom. The third-order valence-corrected chi connectivity index (χ3v) is 2.76. The minimum atomic E-state index is -2.52. The van der Waals surface area contributed by atoms with Gasteiger partial charge in [-0.05, 0) is 0 Å². The number of carbonyl (C=O) groups excluding carboxylic acids is 1. The molecule has 1 saturated heterocycles. The van der Waals surface area contributed by atoms with Gasteiger partial charge < -0.3 is 19.9 Å². The van der Waals surface area contributed by atoms with Crippen LogP contribution >= 0.6 is 0 Å². The summed E-state index contributed by atoms with van der Waals surface area (Å²) in [6, 6.07) is 0. The molecule has 0 saturated carbocycles. The van der Waals surface area contributed by atoms with Crippen LogP contribution in [0.4, 0.5) is 8.78 Å². The summed E-state index contributed by atoms with van der Waals surface area (Å²) in [4.78, 5) is 11.4. The van der Waals surface area contributed by atoms with Crippen molar-refractivity contribution >= 4 is 5.91 Å². The fourth-order valence-electron chi connectivity index (χ4n) is 1.62. The standard InChI is InChI=1S/C11H19F2NO4/c12-9(13)7-18-4-1-10(15)14-8-11(16)2-5-17-6-3-11/h9,16H,1-8H2,(H,14,15). The van der Waals surface area contributed by atoms with E-state index in [0.717, 1.165) is 0 Å². The molecule has 0 atom stereocenters. The van der Waals surface area contributed by atoms with Crippen LogP contribution in [0.5, 0.6) is 0 Å². The fourth-order valence-corrected chi connectivity index (χ4v) is 1.62. The number of rotatable bonds is 7. The van der Waals surface area contributed by atoms with Crippen molar-refractivity contribution in [3.63, 3.8) is 0 Å². The van der Waals surface area contributed by atoms with Crippen LogP contribution in [0.3, 0.4) is 0 Å². The highest BCUT2D eigenvalue weighted by Gasteiger charge is 2.29. The van der Waals surface area contributed by atoms with Gasteiger partial charge in [0.2, 0.25) is 5.91 Å². The lowest BCUT2D eigenvalue weighted by atomic mass is 9.94. The van der Waals surface area contributed by atoms with Gasteiger partial charge in [0.05, 0.1) is 12.2 Å². The molecule has 0 bridgehead atoms. The smallest absolute Gasteiger partial charge is 0.261 e. The van der Waals surface area contributed by atoms with Crippen LogP contribution < -0.4 is 5.32 Å². The number of aliphatic hydroxyl groups is 1. The predicted octanol–water partition coefficient (Wildman–Crippen LogP) is 0.316. The topological polar surface area (TPSA) is 67.8 Å². The Kier molecular flexibility index (Phi) is 6.45. The second-order valence-electron chi connectivity index (χ2n) is 4.33. The van der Waals surface area contributed by atoms with E-state index in [4.69, 9.17) is 4.74 Å². The van der Waals surface area contributed by atoms with E-state index in [1.807, 2.05) is 0 Å². The molecule has 1 rings (SSSR count). The number of halogens is 2. The second-order valence-corrected chi connectivity index (χ2v) is 4.33. The van der Waals surface area contributed by atoms with Gasteiger partial charge in [0, 0.05) is 39.0 Å². The van der Waals surface area contributed by atoms with E-state index in [1.54, 1.807) is 0 Å². The molecular formula is C11H19F2NO4. The molecule has 18 heavy (non-hydrogen) atoms. The van der Waals surface area contributed by atoms with Gasteiger partial charge in [-0.3, -0.25) is 4.79 Å². The summed E-state index contributed by atoms with van der Waals surface area (Å²) in [5.74, 6) is -0.316. The van der Waals surface area contributed by atoms with Gasteiger partial charge in [0.15, 0.2) is 0 Å². The highest BCUT2D eigenvalue weighted by molar-refractivity contribution is 5.76. The average Bonchev–Trinajstić information content (AvgIpc) is 2.33. The summed E-state index contributed by atoms with van der Waals surface area (Å²) in [7, 11) is 0. The van der Waals surface area contributed by atoms with Crippen LogP contribution in [0.1, 0.15) is 19.3 Å². The van der Waals surface area contributed by atoms with E-state index >= 15 is 0 Å². The van der Waals surface area contributed by atoms with Crippen LogP contribution in [0.15, 0.2) is 0 Å². The molecule has 0 aliphatic carbocycles. The lowest BCUT2D eigenvalue weighted by molar-refractivity contribution is -0.125. The number of hydrogen-bond acceptors (Lipinski definition) is 4. The van der Waals surface area contributed by atoms with Crippen LogP contribution in [0, 0.1) is 0 Å². The maximum absolute atomic E-state index is 11.7. The van der Waals surface area contributed by atoms with Crippen molar-refractivity contribution in [2.24, 2.45) is 0 Å². The molecule has 1 heterocycles. The molecule has 106 valence electrons. The molecule has 5 nitrogen and oxygen atoms in total. The van der Waals surface area contributed by atoms with Crippen molar-refractivity contribution in [1.29, 1.82) is 0 Å². The number of carbonyl (C=O) groups is 1.